The molecule has 62 valence electrons. The minimum Gasteiger partial charge on any atom is -0.306 e. The standard InChI is InChI=1S/C7H7N3O2/c1-2-6(11)8-5-3-4-7(12)10-9-5/h2-4H,1H2,(H,10,12)(H,8,9,11). The second kappa shape index (κ2) is 3.47. The zero-order valence-corrected chi connectivity index (χ0v) is 6.20. The van der Waals surface area contributed by atoms with E-state index in [4.69, 9.17) is 0 Å². The van der Waals surface area contributed by atoms with E-state index in [0.717, 1.165) is 6.08 Å². The maximum Gasteiger partial charge on any atom is 0.264 e. The molecule has 0 aromatic carbocycles. The van der Waals surface area contributed by atoms with E-state index in [-0.39, 0.29) is 11.5 Å². The van der Waals surface area contributed by atoms with Crippen LogP contribution in [0.2, 0.25) is 0 Å². The van der Waals surface area contributed by atoms with E-state index < -0.39 is 0 Å². The molecule has 5 nitrogen and oxygen atoms in total. The van der Waals surface area contributed by atoms with E-state index in [1.807, 2.05) is 0 Å². The average Bonchev–Trinajstić information content (AvgIpc) is 2.09. The lowest BCUT2D eigenvalue weighted by molar-refractivity contribution is -0.111. The molecule has 0 spiro atoms. The Balaban J connectivity index is 2.77. The molecule has 0 saturated heterocycles. The molecular weight excluding hydrogens is 158 g/mol. The van der Waals surface area contributed by atoms with Crippen LogP contribution in [0.5, 0.6) is 0 Å². The number of anilines is 1. The van der Waals surface area contributed by atoms with Gasteiger partial charge in [-0.1, -0.05) is 6.58 Å². The van der Waals surface area contributed by atoms with Crippen LogP contribution in [-0.4, -0.2) is 16.1 Å². The maximum absolute atomic E-state index is 10.7. The molecule has 12 heavy (non-hydrogen) atoms. The molecule has 0 saturated carbocycles. The number of nitrogens with one attached hydrogen (secondary N) is 2. The highest BCUT2D eigenvalue weighted by molar-refractivity contribution is 5.98. The Morgan fingerprint density at radius 1 is 1.67 bits per heavy atom. The van der Waals surface area contributed by atoms with Crippen LogP contribution < -0.4 is 10.9 Å². The number of amides is 1. The highest BCUT2D eigenvalue weighted by atomic mass is 16.1. The zero-order valence-electron chi connectivity index (χ0n) is 6.20. The molecule has 1 aromatic rings. The van der Waals surface area contributed by atoms with Crippen molar-refractivity contribution in [2.24, 2.45) is 0 Å². The number of hydrogen-bond donors (Lipinski definition) is 2. The van der Waals surface area contributed by atoms with Crippen molar-refractivity contribution in [1.82, 2.24) is 10.2 Å². The maximum atomic E-state index is 10.7. The van der Waals surface area contributed by atoms with Gasteiger partial charge in [-0.05, 0) is 12.1 Å². The molecule has 2 N–H and O–H groups in total. The molecule has 0 fully saturated rings. The van der Waals surface area contributed by atoms with Gasteiger partial charge in [0, 0.05) is 6.07 Å². The predicted molar refractivity (Wildman–Crippen MR) is 43.7 cm³/mol. The number of hydrogen-bond acceptors (Lipinski definition) is 3. The van der Waals surface area contributed by atoms with E-state index in [0.29, 0.717) is 5.82 Å². The van der Waals surface area contributed by atoms with Crippen molar-refractivity contribution in [3.8, 4) is 0 Å². The molecule has 0 aliphatic heterocycles. The van der Waals surface area contributed by atoms with Gasteiger partial charge in [0.1, 0.15) is 0 Å². The molecule has 1 aromatic heterocycles. The number of aromatic nitrogens is 2. The Hall–Kier alpha value is -1.91. The lowest BCUT2D eigenvalue weighted by Crippen LogP contribution is -2.13. The second-order valence-electron chi connectivity index (χ2n) is 2.00. The molecular formula is C7H7N3O2. The van der Waals surface area contributed by atoms with Gasteiger partial charge in [0.15, 0.2) is 5.82 Å². The first kappa shape index (κ1) is 8.19. The lowest BCUT2D eigenvalue weighted by Gasteiger charge is -1.97. The summed E-state index contributed by atoms with van der Waals surface area (Å²) in [7, 11) is 0. The summed E-state index contributed by atoms with van der Waals surface area (Å²) in [5, 5.41) is 8.10. The highest BCUT2D eigenvalue weighted by Gasteiger charge is 1.96. The van der Waals surface area contributed by atoms with Gasteiger partial charge in [-0.25, -0.2) is 5.10 Å². The summed E-state index contributed by atoms with van der Waals surface area (Å²) in [6.07, 6.45) is 1.12. The van der Waals surface area contributed by atoms with Crippen molar-refractivity contribution >= 4 is 11.7 Å². The molecule has 0 radical (unpaired) electrons. The third-order valence-corrected chi connectivity index (χ3v) is 1.12. The largest absolute Gasteiger partial charge is 0.306 e. The second-order valence-corrected chi connectivity index (χ2v) is 2.00. The summed E-state index contributed by atoms with van der Waals surface area (Å²) in [5.41, 5.74) is -0.313. The Morgan fingerprint density at radius 2 is 2.42 bits per heavy atom. The first-order valence-electron chi connectivity index (χ1n) is 3.21. The molecule has 0 unspecified atom stereocenters. The number of carbonyl (C=O) groups is 1. The van der Waals surface area contributed by atoms with Gasteiger partial charge < -0.3 is 5.32 Å². The predicted octanol–water partition coefficient (Wildman–Crippen LogP) is -0.106. The first-order valence-corrected chi connectivity index (χ1v) is 3.21. The van der Waals surface area contributed by atoms with Gasteiger partial charge in [-0.2, -0.15) is 5.10 Å². The van der Waals surface area contributed by atoms with Crippen LogP contribution in [0.3, 0.4) is 0 Å². The van der Waals surface area contributed by atoms with Crippen molar-refractivity contribution in [2.75, 3.05) is 5.32 Å². The Bertz CT molecular complexity index is 335. The minimum atomic E-state index is -0.366. The van der Waals surface area contributed by atoms with E-state index in [1.165, 1.54) is 12.1 Å². The summed E-state index contributed by atoms with van der Waals surface area (Å²) in [4.78, 5) is 21.2. The smallest absolute Gasteiger partial charge is 0.264 e. The summed E-state index contributed by atoms with van der Waals surface area (Å²) in [6.45, 7) is 3.26. The number of nitrogens with zero attached hydrogens (tertiary/aromatic N) is 1. The first-order chi connectivity index (χ1) is 5.72. The van der Waals surface area contributed by atoms with Crippen molar-refractivity contribution in [2.45, 2.75) is 0 Å². The Morgan fingerprint density at radius 3 is 2.92 bits per heavy atom. The fourth-order valence-electron chi connectivity index (χ4n) is 0.591. The monoisotopic (exact) mass is 165 g/mol. The van der Waals surface area contributed by atoms with E-state index in [1.54, 1.807) is 0 Å². The van der Waals surface area contributed by atoms with Crippen LogP contribution in [0.4, 0.5) is 5.82 Å². The van der Waals surface area contributed by atoms with Crippen LogP contribution in [0, 0.1) is 0 Å². The lowest BCUT2D eigenvalue weighted by atomic mass is 10.5. The van der Waals surface area contributed by atoms with Crippen molar-refractivity contribution in [3.05, 3.63) is 35.1 Å². The number of rotatable bonds is 2. The number of aromatic amines is 1. The van der Waals surface area contributed by atoms with E-state index in [9.17, 15) is 9.59 Å². The average molecular weight is 165 g/mol. The van der Waals surface area contributed by atoms with Crippen LogP contribution >= 0.6 is 0 Å². The third-order valence-electron chi connectivity index (χ3n) is 1.12. The van der Waals surface area contributed by atoms with Crippen molar-refractivity contribution < 1.29 is 4.79 Å². The van der Waals surface area contributed by atoms with Gasteiger partial charge in [0.05, 0.1) is 0 Å². The molecule has 0 atom stereocenters. The fraction of sp³-hybridized carbons (Fsp3) is 0. The Kier molecular flexibility index (Phi) is 2.37. The summed E-state index contributed by atoms with van der Waals surface area (Å²) in [5.74, 6) is -0.0750. The van der Waals surface area contributed by atoms with Crippen molar-refractivity contribution in [1.29, 1.82) is 0 Å². The van der Waals surface area contributed by atoms with Gasteiger partial charge >= 0.3 is 0 Å². The molecule has 1 amide bonds. The zero-order chi connectivity index (χ0) is 8.97. The van der Waals surface area contributed by atoms with Gasteiger partial charge in [0.25, 0.3) is 5.56 Å². The SMILES string of the molecule is C=CC(=O)Nc1ccc(=O)[nH]n1. The van der Waals surface area contributed by atoms with Gasteiger partial charge in [-0.3, -0.25) is 9.59 Å². The molecule has 0 bridgehead atoms. The molecule has 5 heteroatoms. The van der Waals surface area contributed by atoms with Crippen LogP contribution in [0.25, 0.3) is 0 Å². The van der Waals surface area contributed by atoms with Crippen LogP contribution in [0.15, 0.2) is 29.6 Å². The third kappa shape index (κ3) is 2.05. The minimum absolute atomic E-state index is 0.291. The normalized spacial score (nSPS) is 9.00. The highest BCUT2D eigenvalue weighted by Crippen LogP contribution is 1.94. The molecule has 1 rings (SSSR count). The van der Waals surface area contributed by atoms with E-state index >= 15 is 0 Å². The molecule has 0 aliphatic carbocycles. The van der Waals surface area contributed by atoms with Gasteiger partial charge in [0.2, 0.25) is 5.91 Å². The number of H-pyrrole nitrogens is 1. The summed E-state index contributed by atoms with van der Waals surface area (Å²) < 4.78 is 0. The fourth-order valence-corrected chi connectivity index (χ4v) is 0.591. The number of carbonyl (C=O) groups excluding carboxylic acids is 1. The summed E-state index contributed by atoms with van der Waals surface area (Å²) >= 11 is 0. The van der Waals surface area contributed by atoms with Crippen LogP contribution in [-0.2, 0) is 4.79 Å². The van der Waals surface area contributed by atoms with Crippen LogP contribution in [0.1, 0.15) is 0 Å². The van der Waals surface area contributed by atoms with Gasteiger partial charge in [-0.15, -0.1) is 0 Å². The van der Waals surface area contributed by atoms with Crippen molar-refractivity contribution in [3.63, 3.8) is 0 Å². The quantitative estimate of drug-likeness (QED) is 0.600. The Labute approximate surface area is 68.1 Å². The molecule has 1 heterocycles. The topological polar surface area (TPSA) is 74.8 Å². The summed E-state index contributed by atoms with van der Waals surface area (Å²) in [6, 6.07) is 2.67. The molecule has 0 aliphatic rings. The van der Waals surface area contributed by atoms with E-state index in [2.05, 4.69) is 22.1 Å².